The van der Waals surface area contributed by atoms with Gasteiger partial charge in [0.15, 0.2) is 0 Å². The Hall–Kier alpha value is -1.10. The summed E-state index contributed by atoms with van der Waals surface area (Å²) in [4.78, 5) is 22.6. The van der Waals surface area contributed by atoms with Gasteiger partial charge in [-0.05, 0) is 38.6 Å². The molecule has 2 rings (SSSR count). The molecule has 1 aliphatic heterocycles. The standard InChI is InChI=1S/C11H18N2O3/c14-9(15)7-11(4-2-5-11)13-10(16)8-3-1-6-12-8/h8,12H,1-7H2,(H,13,16)(H,14,15)/t8-/m1/s1. The van der Waals surface area contributed by atoms with Gasteiger partial charge < -0.3 is 15.7 Å². The van der Waals surface area contributed by atoms with Crippen molar-refractivity contribution in [2.45, 2.75) is 50.1 Å². The zero-order chi connectivity index (χ0) is 11.6. The first-order valence-corrected chi connectivity index (χ1v) is 5.89. The van der Waals surface area contributed by atoms with E-state index < -0.39 is 11.5 Å². The van der Waals surface area contributed by atoms with Crippen molar-refractivity contribution in [1.82, 2.24) is 10.6 Å². The van der Waals surface area contributed by atoms with Gasteiger partial charge in [-0.1, -0.05) is 0 Å². The molecule has 0 aromatic carbocycles. The van der Waals surface area contributed by atoms with Gasteiger partial charge in [-0.3, -0.25) is 9.59 Å². The largest absolute Gasteiger partial charge is 0.481 e. The van der Waals surface area contributed by atoms with Crippen molar-refractivity contribution in [1.29, 1.82) is 0 Å². The fraction of sp³-hybridized carbons (Fsp3) is 0.818. The number of carboxylic acid groups (broad SMARTS) is 1. The molecule has 0 aromatic heterocycles. The van der Waals surface area contributed by atoms with E-state index in [4.69, 9.17) is 5.11 Å². The lowest BCUT2D eigenvalue weighted by atomic mass is 9.74. The Morgan fingerprint density at radius 1 is 1.38 bits per heavy atom. The smallest absolute Gasteiger partial charge is 0.305 e. The third-order valence-corrected chi connectivity index (χ3v) is 3.57. The summed E-state index contributed by atoms with van der Waals surface area (Å²) in [6.45, 7) is 0.879. The summed E-state index contributed by atoms with van der Waals surface area (Å²) in [5.41, 5.74) is -0.465. The second kappa shape index (κ2) is 4.41. The monoisotopic (exact) mass is 226 g/mol. The van der Waals surface area contributed by atoms with Crippen molar-refractivity contribution in [2.24, 2.45) is 0 Å². The highest BCUT2D eigenvalue weighted by Crippen LogP contribution is 2.35. The average Bonchev–Trinajstić information content (AvgIpc) is 2.66. The minimum absolute atomic E-state index is 0.0292. The minimum Gasteiger partial charge on any atom is -0.481 e. The van der Waals surface area contributed by atoms with Crippen LogP contribution >= 0.6 is 0 Å². The summed E-state index contributed by atoms with van der Waals surface area (Å²) in [5.74, 6) is -0.863. The SMILES string of the molecule is O=C(O)CC1(NC(=O)[C@H]2CCCN2)CCC1. The molecular weight excluding hydrogens is 208 g/mol. The van der Waals surface area contributed by atoms with Crippen LogP contribution < -0.4 is 10.6 Å². The van der Waals surface area contributed by atoms with Crippen LogP contribution in [0.15, 0.2) is 0 Å². The maximum Gasteiger partial charge on any atom is 0.305 e. The summed E-state index contributed by atoms with van der Waals surface area (Å²) >= 11 is 0. The van der Waals surface area contributed by atoms with Gasteiger partial charge in [-0.15, -0.1) is 0 Å². The molecular formula is C11H18N2O3. The molecule has 1 heterocycles. The molecule has 0 unspecified atom stereocenters. The van der Waals surface area contributed by atoms with Crippen molar-refractivity contribution in [3.63, 3.8) is 0 Å². The van der Waals surface area contributed by atoms with Crippen LogP contribution in [0.5, 0.6) is 0 Å². The quantitative estimate of drug-likeness (QED) is 0.642. The topological polar surface area (TPSA) is 78.4 Å². The Kier molecular flexibility index (Phi) is 3.14. The van der Waals surface area contributed by atoms with E-state index in [-0.39, 0.29) is 18.4 Å². The number of carbonyl (C=O) groups excluding carboxylic acids is 1. The average molecular weight is 226 g/mol. The third kappa shape index (κ3) is 2.35. The van der Waals surface area contributed by atoms with Crippen LogP contribution in [0.25, 0.3) is 0 Å². The van der Waals surface area contributed by atoms with Gasteiger partial charge in [0.25, 0.3) is 0 Å². The molecule has 1 atom stereocenters. The predicted molar refractivity (Wildman–Crippen MR) is 58.0 cm³/mol. The van der Waals surface area contributed by atoms with Crippen LogP contribution in [0.1, 0.15) is 38.5 Å². The number of nitrogens with one attached hydrogen (secondary N) is 2. The van der Waals surface area contributed by atoms with E-state index in [1.807, 2.05) is 0 Å². The van der Waals surface area contributed by atoms with Gasteiger partial charge >= 0.3 is 5.97 Å². The van der Waals surface area contributed by atoms with E-state index in [1.165, 1.54) is 0 Å². The number of aliphatic carboxylic acids is 1. The Morgan fingerprint density at radius 2 is 2.12 bits per heavy atom. The maximum absolute atomic E-state index is 11.9. The highest BCUT2D eigenvalue weighted by Gasteiger charge is 2.41. The molecule has 5 heteroatoms. The van der Waals surface area contributed by atoms with Crippen molar-refractivity contribution in [3.8, 4) is 0 Å². The molecule has 0 spiro atoms. The number of hydrogen-bond acceptors (Lipinski definition) is 3. The van der Waals surface area contributed by atoms with Crippen molar-refractivity contribution < 1.29 is 14.7 Å². The van der Waals surface area contributed by atoms with E-state index in [1.54, 1.807) is 0 Å². The molecule has 0 radical (unpaired) electrons. The van der Waals surface area contributed by atoms with Gasteiger partial charge in [0, 0.05) is 0 Å². The van der Waals surface area contributed by atoms with E-state index >= 15 is 0 Å². The molecule has 1 saturated carbocycles. The maximum atomic E-state index is 11.9. The van der Waals surface area contributed by atoms with Crippen LogP contribution in [-0.2, 0) is 9.59 Å². The lowest BCUT2D eigenvalue weighted by Crippen LogP contribution is -2.58. The van der Waals surface area contributed by atoms with E-state index in [2.05, 4.69) is 10.6 Å². The number of amides is 1. The summed E-state index contributed by atoms with van der Waals surface area (Å²) in [7, 11) is 0. The van der Waals surface area contributed by atoms with Crippen molar-refractivity contribution in [3.05, 3.63) is 0 Å². The lowest BCUT2D eigenvalue weighted by Gasteiger charge is -2.42. The highest BCUT2D eigenvalue weighted by molar-refractivity contribution is 5.83. The Bertz CT molecular complexity index is 294. The van der Waals surface area contributed by atoms with E-state index in [0.717, 1.165) is 38.6 Å². The number of carbonyl (C=O) groups is 2. The first-order valence-electron chi connectivity index (χ1n) is 5.89. The number of rotatable bonds is 4. The fourth-order valence-electron chi connectivity index (χ4n) is 2.50. The van der Waals surface area contributed by atoms with Crippen LogP contribution in [0.2, 0.25) is 0 Å². The summed E-state index contributed by atoms with van der Waals surface area (Å²) < 4.78 is 0. The third-order valence-electron chi connectivity index (χ3n) is 3.57. The van der Waals surface area contributed by atoms with Crippen LogP contribution in [-0.4, -0.2) is 35.1 Å². The second-order valence-corrected chi connectivity index (χ2v) is 4.84. The molecule has 16 heavy (non-hydrogen) atoms. The fourth-order valence-corrected chi connectivity index (χ4v) is 2.50. The molecule has 1 amide bonds. The molecule has 0 bridgehead atoms. The zero-order valence-corrected chi connectivity index (χ0v) is 9.29. The molecule has 90 valence electrons. The van der Waals surface area contributed by atoms with Gasteiger partial charge in [-0.2, -0.15) is 0 Å². The molecule has 3 N–H and O–H groups in total. The summed E-state index contributed by atoms with van der Waals surface area (Å²) in [5, 5.41) is 14.9. The number of carboxylic acids is 1. The van der Waals surface area contributed by atoms with Gasteiger partial charge in [0.2, 0.25) is 5.91 Å². The van der Waals surface area contributed by atoms with Crippen LogP contribution in [0, 0.1) is 0 Å². The molecule has 2 fully saturated rings. The Morgan fingerprint density at radius 3 is 2.56 bits per heavy atom. The Balaban J connectivity index is 1.90. The zero-order valence-electron chi connectivity index (χ0n) is 9.29. The highest BCUT2D eigenvalue weighted by atomic mass is 16.4. The summed E-state index contributed by atoms with van der Waals surface area (Å²) in [6.07, 6.45) is 4.51. The normalized spacial score (nSPS) is 27.1. The predicted octanol–water partition coefficient (Wildman–Crippen LogP) is 0.252. The van der Waals surface area contributed by atoms with Crippen molar-refractivity contribution >= 4 is 11.9 Å². The van der Waals surface area contributed by atoms with Gasteiger partial charge in [-0.25, -0.2) is 0 Å². The number of hydrogen-bond donors (Lipinski definition) is 3. The first kappa shape index (κ1) is 11.4. The molecule has 1 saturated heterocycles. The van der Waals surface area contributed by atoms with E-state index in [0.29, 0.717) is 0 Å². The first-order chi connectivity index (χ1) is 7.61. The Labute approximate surface area is 94.6 Å². The molecule has 5 nitrogen and oxygen atoms in total. The van der Waals surface area contributed by atoms with Gasteiger partial charge in [0.05, 0.1) is 18.0 Å². The molecule has 0 aromatic rings. The summed E-state index contributed by atoms with van der Waals surface area (Å²) in [6, 6.07) is -0.119. The second-order valence-electron chi connectivity index (χ2n) is 4.84. The van der Waals surface area contributed by atoms with E-state index in [9.17, 15) is 9.59 Å². The minimum atomic E-state index is -0.834. The van der Waals surface area contributed by atoms with Gasteiger partial charge in [0.1, 0.15) is 0 Å². The molecule has 1 aliphatic carbocycles. The molecule has 2 aliphatic rings. The van der Waals surface area contributed by atoms with Crippen LogP contribution in [0.3, 0.4) is 0 Å². The lowest BCUT2D eigenvalue weighted by molar-refractivity contribution is -0.140. The van der Waals surface area contributed by atoms with Crippen LogP contribution in [0.4, 0.5) is 0 Å². The van der Waals surface area contributed by atoms with Crippen molar-refractivity contribution in [2.75, 3.05) is 6.54 Å².